The van der Waals surface area contributed by atoms with Gasteiger partial charge < -0.3 is 20.3 Å². The topological polar surface area (TPSA) is 61.7 Å². The van der Waals surface area contributed by atoms with Crippen molar-refractivity contribution >= 4 is 0 Å². The number of benzene rings is 2. The number of hydrogen-bond acceptors (Lipinski definition) is 4. The van der Waals surface area contributed by atoms with Crippen LogP contribution < -0.4 is 10.1 Å². The van der Waals surface area contributed by atoms with E-state index in [0.29, 0.717) is 24.5 Å². The molecular weight excluding hydrogens is 290 g/mol. The van der Waals surface area contributed by atoms with Crippen molar-refractivity contribution < 1.29 is 14.9 Å². The fourth-order valence-electron chi connectivity index (χ4n) is 2.14. The molecule has 4 heteroatoms. The molecule has 0 aromatic heterocycles. The average Bonchev–Trinajstić information content (AvgIpc) is 2.50. The van der Waals surface area contributed by atoms with Gasteiger partial charge in [-0.3, -0.25) is 0 Å². The molecule has 3 N–H and O–H groups in total. The molecule has 0 saturated heterocycles. The normalized spacial score (nSPS) is 12.9. The van der Waals surface area contributed by atoms with E-state index in [-0.39, 0.29) is 11.3 Å². The predicted octanol–water partition coefficient (Wildman–Crippen LogP) is 3.39. The van der Waals surface area contributed by atoms with Crippen molar-refractivity contribution in [1.29, 1.82) is 0 Å². The lowest BCUT2D eigenvalue weighted by molar-refractivity contribution is 0.162. The Bertz CT molecular complexity index is 620. The SMILES string of the molecule is CC(C)(C)NCC(O)c1cc(O)cc(OCc2ccccc2)c1. The molecule has 0 fully saturated rings. The number of aliphatic hydroxyl groups is 1. The number of phenols is 1. The lowest BCUT2D eigenvalue weighted by Gasteiger charge is -2.23. The van der Waals surface area contributed by atoms with E-state index < -0.39 is 6.10 Å². The van der Waals surface area contributed by atoms with Crippen LogP contribution in [0, 0.1) is 0 Å². The second-order valence-electron chi connectivity index (χ2n) is 6.68. The fraction of sp³-hybridized carbons (Fsp3) is 0.368. The molecule has 23 heavy (non-hydrogen) atoms. The molecular formula is C19H25NO3. The summed E-state index contributed by atoms with van der Waals surface area (Å²) in [6.07, 6.45) is -0.708. The highest BCUT2D eigenvalue weighted by molar-refractivity contribution is 5.38. The van der Waals surface area contributed by atoms with Gasteiger partial charge in [0.25, 0.3) is 0 Å². The number of ether oxygens (including phenoxy) is 1. The van der Waals surface area contributed by atoms with E-state index in [4.69, 9.17) is 4.74 Å². The second kappa shape index (κ2) is 7.49. The molecule has 0 amide bonds. The van der Waals surface area contributed by atoms with E-state index in [0.717, 1.165) is 5.56 Å². The van der Waals surface area contributed by atoms with Gasteiger partial charge in [-0.2, -0.15) is 0 Å². The third kappa shape index (κ3) is 5.93. The van der Waals surface area contributed by atoms with Crippen LogP contribution >= 0.6 is 0 Å². The predicted molar refractivity (Wildman–Crippen MR) is 91.6 cm³/mol. The highest BCUT2D eigenvalue weighted by Gasteiger charge is 2.15. The summed E-state index contributed by atoms with van der Waals surface area (Å²) in [5, 5.41) is 23.4. The minimum absolute atomic E-state index is 0.0789. The zero-order valence-electron chi connectivity index (χ0n) is 13.9. The minimum atomic E-state index is -0.708. The zero-order valence-corrected chi connectivity index (χ0v) is 13.9. The number of phenolic OH excluding ortho intramolecular Hbond substituents is 1. The number of nitrogens with one attached hydrogen (secondary N) is 1. The van der Waals surface area contributed by atoms with E-state index in [1.54, 1.807) is 18.2 Å². The van der Waals surface area contributed by atoms with Crippen LogP contribution in [0.2, 0.25) is 0 Å². The van der Waals surface area contributed by atoms with Crippen molar-refractivity contribution in [3.05, 3.63) is 59.7 Å². The molecule has 0 heterocycles. The first-order chi connectivity index (χ1) is 10.8. The van der Waals surface area contributed by atoms with Gasteiger partial charge >= 0.3 is 0 Å². The van der Waals surface area contributed by atoms with Crippen molar-refractivity contribution in [2.45, 2.75) is 39.0 Å². The van der Waals surface area contributed by atoms with Crippen molar-refractivity contribution in [1.82, 2.24) is 5.32 Å². The zero-order chi connectivity index (χ0) is 16.9. The first-order valence-electron chi connectivity index (χ1n) is 7.77. The monoisotopic (exact) mass is 315 g/mol. The highest BCUT2D eigenvalue weighted by Crippen LogP contribution is 2.26. The maximum atomic E-state index is 10.3. The summed E-state index contributed by atoms with van der Waals surface area (Å²) < 4.78 is 5.72. The standard InChI is InChI=1S/C19H25NO3/c1-19(2,3)20-12-18(22)15-9-16(21)11-17(10-15)23-13-14-7-5-4-6-8-14/h4-11,18,20-22H,12-13H2,1-3H3. The maximum absolute atomic E-state index is 10.3. The summed E-state index contributed by atoms with van der Waals surface area (Å²) in [5.41, 5.74) is 1.60. The molecule has 2 rings (SSSR count). The Kier molecular flexibility index (Phi) is 5.64. The van der Waals surface area contributed by atoms with Gasteiger partial charge in [0.15, 0.2) is 0 Å². The van der Waals surface area contributed by atoms with Crippen LogP contribution in [0.25, 0.3) is 0 Å². The number of β-amino-alcohol motifs (C(OH)–C–C–N with tert-alkyl or cyclic N) is 1. The first-order valence-corrected chi connectivity index (χ1v) is 7.77. The van der Waals surface area contributed by atoms with E-state index in [9.17, 15) is 10.2 Å². The summed E-state index contributed by atoms with van der Waals surface area (Å²) in [6.45, 7) is 6.94. The van der Waals surface area contributed by atoms with Gasteiger partial charge in [0.2, 0.25) is 0 Å². The fourth-order valence-corrected chi connectivity index (χ4v) is 2.14. The van der Waals surface area contributed by atoms with Crippen molar-refractivity contribution in [3.63, 3.8) is 0 Å². The first kappa shape index (κ1) is 17.3. The van der Waals surface area contributed by atoms with E-state index in [2.05, 4.69) is 5.32 Å². The van der Waals surface area contributed by atoms with Crippen LogP contribution in [0.5, 0.6) is 11.5 Å². The molecule has 2 aromatic carbocycles. The molecule has 1 unspecified atom stereocenters. The summed E-state index contributed by atoms with van der Waals surface area (Å²) in [7, 11) is 0. The van der Waals surface area contributed by atoms with Crippen molar-refractivity contribution in [2.24, 2.45) is 0 Å². The number of aliphatic hydroxyl groups excluding tert-OH is 1. The van der Waals surface area contributed by atoms with Crippen LogP contribution in [0.1, 0.15) is 38.0 Å². The summed E-state index contributed by atoms with van der Waals surface area (Å²) >= 11 is 0. The molecule has 0 aliphatic heterocycles. The largest absolute Gasteiger partial charge is 0.508 e. The van der Waals surface area contributed by atoms with Crippen LogP contribution in [0.3, 0.4) is 0 Å². The molecule has 0 radical (unpaired) electrons. The lowest BCUT2D eigenvalue weighted by atomic mass is 10.1. The van der Waals surface area contributed by atoms with Gasteiger partial charge in [-0.05, 0) is 44.0 Å². The molecule has 0 saturated carbocycles. The van der Waals surface area contributed by atoms with Crippen molar-refractivity contribution in [3.8, 4) is 11.5 Å². The molecule has 0 aliphatic rings. The average molecular weight is 315 g/mol. The van der Waals surface area contributed by atoms with Gasteiger partial charge in [0.05, 0.1) is 6.10 Å². The Morgan fingerprint density at radius 1 is 1.09 bits per heavy atom. The van der Waals surface area contributed by atoms with Crippen LogP contribution in [-0.4, -0.2) is 22.3 Å². The van der Waals surface area contributed by atoms with Gasteiger partial charge in [-0.15, -0.1) is 0 Å². The molecule has 0 aliphatic carbocycles. The summed E-state index contributed by atoms with van der Waals surface area (Å²) in [6, 6.07) is 14.7. The van der Waals surface area contributed by atoms with Gasteiger partial charge in [-0.1, -0.05) is 30.3 Å². The molecule has 2 aromatic rings. The highest BCUT2D eigenvalue weighted by atomic mass is 16.5. The summed E-state index contributed by atoms with van der Waals surface area (Å²) in [4.78, 5) is 0. The number of hydrogen-bond donors (Lipinski definition) is 3. The molecule has 0 bridgehead atoms. The Labute approximate surface area is 137 Å². The van der Waals surface area contributed by atoms with Crippen LogP contribution in [0.15, 0.2) is 48.5 Å². The maximum Gasteiger partial charge on any atom is 0.123 e. The van der Waals surface area contributed by atoms with Crippen molar-refractivity contribution in [2.75, 3.05) is 6.54 Å². The van der Waals surface area contributed by atoms with Gasteiger partial charge in [-0.25, -0.2) is 0 Å². The van der Waals surface area contributed by atoms with E-state index in [1.165, 1.54) is 0 Å². The van der Waals surface area contributed by atoms with E-state index in [1.807, 2.05) is 51.1 Å². The Balaban J connectivity index is 2.03. The molecule has 0 spiro atoms. The smallest absolute Gasteiger partial charge is 0.123 e. The van der Waals surface area contributed by atoms with Gasteiger partial charge in [0.1, 0.15) is 18.1 Å². The second-order valence-corrected chi connectivity index (χ2v) is 6.68. The number of rotatable bonds is 6. The van der Waals surface area contributed by atoms with Crippen LogP contribution in [-0.2, 0) is 6.61 Å². The summed E-state index contributed by atoms with van der Waals surface area (Å²) in [5.74, 6) is 0.624. The Morgan fingerprint density at radius 2 is 1.78 bits per heavy atom. The molecule has 1 atom stereocenters. The minimum Gasteiger partial charge on any atom is -0.508 e. The Morgan fingerprint density at radius 3 is 2.43 bits per heavy atom. The van der Waals surface area contributed by atoms with Gasteiger partial charge in [0, 0.05) is 18.2 Å². The van der Waals surface area contributed by atoms with Crippen LogP contribution in [0.4, 0.5) is 0 Å². The lowest BCUT2D eigenvalue weighted by Crippen LogP contribution is -2.38. The number of aromatic hydroxyl groups is 1. The Hall–Kier alpha value is -2.04. The molecule has 124 valence electrons. The van der Waals surface area contributed by atoms with E-state index >= 15 is 0 Å². The third-order valence-electron chi connectivity index (χ3n) is 3.37. The molecule has 4 nitrogen and oxygen atoms in total. The quantitative estimate of drug-likeness (QED) is 0.764. The third-order valence-corrected chi connectivity index (χ3v) is 3.37.